The van der Waals surface area contributed by atoms with Crippen molar-refractivity contribution in [3.63, 3.8) is 0 Å². The smallest absolute Gasteiger partial charge is 0.174 e. The standard InChI is InChI=1S/C15H20N2O2/c1-11(17-10-15(18)13-2-3-13)12-4-6-14(7-5-12)19-9-8-16/h4-7,11,13,15,17-18H,2-3,9-10H2,1H3. The van der Waals surface area contributed by atoms with Crippen LogP contribution >= 0.6 is 0 Å². The molecule has 4 nitrogen and oxygen atoms in total. The fourth-order valence-electron chi connectivity index (χ4n) is 2.03. The number of ether oxygens (including phenoxy) is 1. The Labute approximate surface area is 114 Å². The number of hydrogen-bond donors (Lipinski definition) is 2. The van der Waals surface area contributed by atoms with Crippen LogP contribution in [-0.2, 0) is 0 Å². The lowest BCUT2D eigenvalue weighted by molar-refractivity contribution is 0.145. The van der Waals surface area contributed by atoms with Crippen molar-refractivity contribution < 1.29 is 9.84 Å². The minimum absolute atomic E-state index is 0.0702. The van der Waals surface area contributed by atoms with E-state index in [1.165, 1.54) is 0 Å². The predicted octanol–water partition coefficient (Wildman–Crippen LogP) is 2.01. The average Bonchev–Trinajstić information content (AvgIpc) is 3.27. The molecule has 4 heteroatoms. The van der Waals surface area contributed by atoms with Crippen LogP contribution in [0.25, 0.3) is 0 Å². The van der Waals surface area contributed by atoms with Gasteiger partial charge in [0.1, 0.15) is 11.8 Å². The molecule has 0 spiro atoms. The second kappa shape index (κ2) is 6.55. The van der Waals surface area contributed by atoms with E-state index in [4.69, 9.17) is 10.00 Å². The first-order valence-corrected chi connectivity index (χ1v) is 6.72. The van der Waals surface area contributed by atoms with Gasteiger partial charge in [-0.2, -0.15) is 5.26 Å². The van der Waals surface area contributed by atoms with Crippen molar-refractivity contribution >= 4 is 0 Å². The molecule has 0 aromatic heterocycles. The first-order chi connectivity index (χ1) is 9.20. The van der Waals surface area contributed by atoms with Crippen LogP contribution in [0.4, 0.5) is 0 Å². The van der Waals surface area contributed by atoms with Crippen molar-refractivity contribution in [3.05, 3.63) is 29.8 Å². The molecule has 2 unspecified atom stereocenters. The Kier molecular flexibility index (Phi) is 4.78. The van der Waals surface area contributed by atoms with Crippen LogP contribution in [0.5, 0.6) is 5.75 Å². The molecule has 0 saturated heterocycles. The Balaban J connectivity index is 1.81. The minimum Gasteiger partial charge on any atom is -0.479 e. The molecule has 102 valence electrons. The van der Waals surface area contributed by atoms with Gasteiger partial charge in [-0.15, -0.1) is 0 Å². The van der Waals surface area contributed by atoms with E-state index in [0.29, 0.717) is 18.2 Å². The molecule has 0 aliphatic heterocycles. The van der Waals surface area contributed by atoms with Crippen molar-refractivity contribution in [2.45, 2.75) is 31.9 Å². The maximum atomic E-state index is 9.81. The third-order valence-corrected chi connectivity index (χ3v) is 3.48. The summed E-state index contributed by atoms with van der Waals surface area (Å²) in [6.07, 6.45) is 2.09. The summed E-state index contributed by atoms with van der Waals surface area (Å²) in [5, 5.41) is 21.6. The van der Waals surface area contributed by atoms with Crippen LogP contribution in [0.15, 0.2) is 24.3 Å². The number of aliphatic hydroxyl groups is 1. The Hall–Kier alpha value is -1.57. The van der Waals surface area contributed by atoms with Gasteiger partial charge in [0.05, 0.1) is 6.10 Å². The van der Waals surface area contributed by atoms with E-state index in [-0.39, 0.29) is 18.8 Å². The van der Waals surface area contributed by atoms with Crippen LogP contribution in [0.1, 0.15) is 31.4 Å². The largest absolute Gasteiger partial charge is 0.479 e. The summed E-state index contributed by atoms with van der Waals surface area (Å²) in [5.41, 5.74) is 1.15. The zero-order valence-corrected chi connectivity index (χ0v) is 11.2. The van der Waals surface area contributed by atoms with Gasteiger partial charge in [0, 0.05) is 12.6 Å². The summed E-state index contributed by atoms with van der Waals surface area (Å²) in [5.74, 6) is 1.21. The zero-order chi connectivity index (χ0) is 13.7. The summed E-state index contributed by atoms with van der Waals surface area (Å²) in [7, 11) is 0. The van der Waals surface area contributed by atoms with Crippen LogP contribution in [-0.4, -0.2) is 24.4 Å². The molecule has 1 aromatic carbocycles. The number of nitrogens with zero attached hydrogens (tertiary/aromatic N) is 1. The highest BCUT2D eigenvalue weighted by atomic mass is 16.5. The van der Waals surface area contributed by atoms with Crippen molar-refractivity contribution in [1.29, 1.82) is 5.26 Å². The maximum absolute atomic E-state index is 9.81. The SMILES string of the molecule is CC(NCC(O)C1CC1)c1ccc(OCC#N)cc1. The lowest BCUT2D eigenvalue weighted by Crippen LogP contribution is -2.30. The highest BCUT2D eigenvalue weighted by molar-refractivity contribution is 5.29. The molecule has 2 N–H and O–H groups in total. The van der Waals surface area contributed by atoms with Gasteiger partial charge in [-0.05, 0) is 43.4 Å². The Bertz CT molecular complexity index is 434. The van der Waals surface area contributed by atoms with E-state index in [1.807, 2.05) is 30.3 Å². The number of nitrogens with one attached hydrogen (secondary N) is 1. The van der Waals surface area contributed by atoms with Crippen molar-refractivity contribution in [1.82, 2.24) is 5.32 Å². The molecule has 1 aliphatic carbocycles. The summed E-state index contributed by atoms with van der Waals surface area (Å²) in [6.45, 7) is 2.78. The van der Waals surface area contributed by atoms with Crippen molar-refractivity contribution in [2.24, 2.45) is 5.92 Å². The normalized spacial score (nSPS) is 17.5. The van der Waals surface area contributed by atoms with Gasteiger partial charge < -0.3 is 15.2 Å². The molecular weight excluding hydrogens is 240 g/mol. The highest BCUT2D eigenvalue weighted by Gasteiger charge is 2.29. The van der Waals surface area contributed by atoms with Crippen LogP contribution in [0, 0.1) is 17.2 Å². The Morgan fingerprint density at radius 1 is 1.42 bits per heavy atom. The van der Waals surface area contributed by atoms with Gasteiger partial charge in [0.25, 0.3) is 0 Å². The maximum Gasteiger partial charge on any atom is 0.174 e. The molecule has 0 radical (unpaired) electrons. The van der Waals surface area contributed by atoms with Gasteiger partial charge in [-0.25, -0.2) is 0 Å². The highest BCUT2D eigenvalue weighted by Crippen LogP contribution is 2.32. The molecule has 2 rings (SSSR count). The monoisotopic (exact) mass is 260 g/mol. The molecule has 1 aromatic rings. The van der Waals surface area contributed by atoms with E-state index in [0.717, 1.165) is 18.4 Å². The topological polar surface area (TPSA) is 65.3 Å². The Morgan fingerprint density at radius 3 is 2.68 bits per heavy atom. The lowest BCUT2D eigenvalue weighted by atomic mass is 10.1. The van der Waals surface area contributed by atoms with E-state index >= 15 is 0 Å². The third kappa shape index (κ3) is 4.23. The molecule has 1 fully saturated rings. The first kappa shape index (κ1) is 13.9. The quantitative estimate of drug-likeness (QED) is 0.787. The van der Waals surface area contributed by atoms with Crippen molar-refractivity contribution in [2.75, 3.05) is 13.2 Å². The molecule has 1 aliphatic rings. The second-order valence-corrected chi connectivity index (χ2v) is 5.05. The fourth-order valence-corrected chi connectivity index (χ4v) is 2.03. The van der Waals surface area contributed by atoms with Gasteiger partial charge >= 0.3 is 0 Å². The van der Waals surface area contributed by atoms with Crippen LogP contribution in [0.2, 0.25) is 0 Å². The lowest BCUT2D eigenvalue weighted by Gasteiger charge is -2.17. The molecule has 0 heterocycles. The summed E-state index contributed by atoms with van der Waals surface area (Å²) >= 11 is 0. The second-order valence-electron chi connectivity index (χ2n) is 5.05. The first-order valence-electron chi connectivity index (χ1n) is 6.72. The summed E-state index contributed by atoms with van der Waals surface area (Å²) in [6, 6.07) is 9.82. The van der Waals surface area contributed by atoms with Crippen molar-refractivity contribution in [3.8, 4) is 11.8 Å². The molecule has 2 atom stereocenters. The third-order valence-electron chi connectivity index (χ3n) is 3.48. The molecule has 1 saturated carbocycles. The zero-order valence-electron chi connectivity index (χ0n) is 11.2. The van der Waals surface area contributed by atoms with E-state index in [9.17, 15) is 5.11 Å². The van der Waals surface area contributed by atoms with Gasteiger partial charge in [-0.1, -0.05) is 12.1 Å². The Morgan fingerprint density at radius 2 is 2.11 bits per heavy atom. The fraction of sp³-hybridized carbons (Fsp3) is 0.533. The van der Waals surface area contributed by atoms with Gasteiger partial charge in [-0.3, -0.25) is 0 Å². The number of aliphatic hydroxyl groups excluding tert-OH is 1. The van der Waals surface area contributed by atoms with E-state index in [2.05, 4.69) is 12.2 Å². The van der Waals surface area contributed by atoms with E-state index in [1.54, 1.807) is 0 Å². The molecule has 0 bridgehead atoms. The summed E-state index contributed by atoms with van der Waals surface area (Å²) in [4.78, 5) is 0. The number of hydrogen-bond acceptors (Lipinski definition) is 4. The van der Waals surface area contributed by atoms with E-state index < -0.39 is 0 Å². The number of nitriles is 1. The summed E-state index contributed by atoms with van der Waals surface area (Å²) < 4.78 is 5.21. The number of benzene rings is 1. The molecule has 19 heavy (non-hydrogen) atoms. The van der Waals surface area contributed by atoms with Crippen LogP contribution < -0.4 is 10.1 Å². The minimum atomic E-state index is -0.222. The average molecular weight is 260 g/mol. The number of rotatable bonds is 7. The van der Waals surface area contributed by atoms with Crippen LogP contribution in [0.3, 0.4) is 0 Å². The van der Waals surface area contributed by atoms with Gasteiger partial charge in [0.15, 0.2) is 6.61 Å². The predicted molar refractivity (Wildman–Crippen MR) is 72.7 cm³/mol. The van der Waals surface area contributed by atoms with Gasteiger partial charge in [0.2, 0.25) is 0 Å². The molecular formula is C15H20N2O2. The molecule has 0 amide bonds.